The second-order valence-corrected chi connectivity index (χ2v) is 4.32. The van der Waals surface area contributed by atoms with Crippen LogP contribution in [0.5, 0.6) is 11.5 Å². The van der Waals surface area contributed by atoms with Crippen LogP contribution in [0.15, 0.2) is 12.1 Å². The zero-order valence-corrected chi connectivity index (χ0v) is 11.6. The third-order valence-corrected chi connectivity index (χ3v) is 2.83. The van der Waals surface area contributed by atoms with Crippen LogP contribution in [0.2, 0.25) is 0 Å². The van der Waals surface area contributed by atoms with Crippen molar-refractivity contribution in [2.75, 3.05) is 19.4 Å². The van der Waals surface area contributed by atoms with Crippen molar-refractivity contribution in [3.05, 3.63) is 23.3 Å². The summed E-state index contributed by atoms with van der Waals surface area (Å²) in [6, 6.07) is 3.28. The highest BCUT2D eigenvalue weighted by molar-refractivity contribution is 7.80. The van der Waals surface area contributed by atoms with E-state index < -0.39 is 0 Å². The number of amides is 1. The maximum absolute atomic E-state index is 11.8. The van der Waals surface area contributed by atoms with Crippen molar-refractivity contribution < 1.29 is 14.6 Å². The van der Waals surface area contributed by atoms with Crippen molar-refractivity contribution in [3.63, 3.8) is 0 Å². The van der Waals surface area contributed by atoms with Gasteiger partial charge in [0.1, 0.15) is 11.5 Å². The lowest BCUT2D eigenvalue weighted by atomic mass is 10.0. The van der Waals surface area contributed by atoms with Crippen molar-refractivity contribution in [3.8, 4) is 11.5 Å². The Kier molecular flexibility index (Phi) is 5.85. The minimum atomic E-state index is -0.290. The molecule has 0 bridgehead atoms. The minimum Gasteiger partial charge on any atom is -0.507 e. The first-order valence-corrected chi connectivity index (χ1v) is 6.56. The summed E-state index contributed by atoms with van der Waals surface area (Å²) < 4.78 is 5.19. The Labute approximate surface area is 113 Å². The zero-order valence-electron chi connectivity index (χ0n) is 10.7. The van der Waals surface area contributed by atoms with E-state index in [-0.39, 0.29) is 17.2 Å². The minimum absolute atomic E-state index is 0.00728. The van der Waals surface area contributed by atoms with Gasteiger partial charge < -0.3 is 15.2 Å². The van der Waals surface area contributed by atoms with Crippen LogP contribution < -0.4 is 10.1 Å². The Balaban J connectivity index is 3.07. The number of nitrogens with one attached hydrogen (secondary N) is 1. The number of ether oxygens (including phenoxy) is 1. The lowest BCUT2D eigenvalue weighted by molar-refractivity contribution is 0.0953. The SMILES string of the molecule is CCCc1c(OC)ccc(C(=O)NCCS)c1O. The summed E-state index contributed by atoms with van der Waals surface area (Å²) in [5.74, 6) is 0.888. The Morgan fingerprint density at radius 1 is 1.50 bits per heavy atom. The van der Waals surface area contributed by atoms with Gasteiger partial charge in [-0.1, -0.05) is 13.3 Å². The van der Waals surface area contributed by atoms with Gasteiger partial charge in [0.2, 0.25) is 0 Å². The third kappa shape index (κ3) is 3.32. The molecule has 1 aromatic carbocycles. The summed E-state index contributed by atoms with van der Waals surface area (Å²) >= 11 is 4.02. The lowest BCUT2D eigenvalue weighted by Crippen LogP contribution is -2.25. The number of benzene rings is 1. The fourth-order valence-electron chi connectivity index (χ4n) is 1.75. The van der Waals surface area contributed by atoms with Crippen LogP contribution in [0.4, 0.5) is 0 Å². The van der Waals surface area contributed by atoms with Crippen LogP contribution in [-0.2, 0) is 6.42 Å². The van der Waals surface area contributed by atoms with Gasteiger partial charge in [-0.15, -0.1) is 0 Å². The van der Waals surface area contributed by atoms with Crippen molar-refractivity contribution in [1.82, 2.24) is 5.32 Å². The molecule has 0 saturated heterocycles. The smallest absolute Gasteiger partial charge is 0.255 e. The Morgan fingerprint density at radius 3 is 2.78 bits per heavy atom. The molecular formula is C13H19NO3S. The Morgan fingerprint density at radius 2 is 2.22 bits per heavy atom. The molecule has 100 valence electrons. The molecule has 0 aliphatic heterocycles. The highest BCUT2D eigenvalue weighted by Gasteiger charge is 2.17. The molecule has 18 heavy (non-hydrogen) atoms. The second kappa shape index (κ2) is 7.16. The predicted octanol–water partition coefficient (Wildman–Crippen LogP) is 2.01. The first-order valence-electron chi connectivity index (χ1n) is 5.93. The third-order valence-electron chi connectivity index (χ3n) is 2.60. The van der Waals surface area contributed by atoms with Gasteiger partial charge in [-0.2, -0.15) is 12.6 Å². The summed E-state index contributed by atoms with van der Waals surface area (Å²) in [4.78, 5) is 11.8. The van der Waals surface area contributed by atoms with E-state index in [1.807, 2.05) is 6.92 Å². The van der Waals surface area contributed by atoms with Gasteiger partial charge in [0.25, 0.3) is 5.91 Å². The van der Waals surface area contributed by atoms with Gasteiger partial charge in [0, 0.05) is 17.9 Å². The molecule has 0 fully saturated rings. The van der Waals surface area contributed by atoms with Gasteiger partial charge in [-0.05, 0) is 18.6 Å². The van der Waals surface area contributed by atoms with Crippen molar-refractivity contribution >= 4 is 18.5 Å². The molecule has 4 nitrogen and oxygen atoms in total. The molecule has 1 rings (SSSR count). The van der Waals surface area contributed by atoms with E-state index in [9.17, 15) is 9.90 Å². The summed E-state index contributed by atoms with van der Waals surface area (Å²) in [7, 11) is 1.55. The predicted molar refractivity (Wildman–Crippen MR) is 74.8 cm³/mol. The molecule has 2 N–H and O–H groups in total. The van der Waals surface area contributed by atoms with E-state index in [0.29, 0.717) is 30.0 Å². The number of phenolic OH excluding ortho intramolecular Hbond substituents is 1. The van der Waals surface area contributed by atoms with Gasteiger partial charge in [-0.3, -0.25) is 4.79 Å². The number of hydrogen-bond donors (Lipinski definition) is 3. The van der Waals surface area contributed by atoms with Crippen LogP contribution in [0, 0.1) is 0 Å². The first kappa shape index (κ1) is 14.7. The Hall–Kier alpha value is -1.36. The average molecular weight is 269 g/mol. The van der Waals surface area contributed by atoms with Crippen molar-refractivity contribution in [2.45, 2.75) is 19.8 Å². The number of thiol groups is 1. The molecule has 0 spiro atoms. The number of methoxy groups -OCH3 is 1. The number of carbonyl (C=O) groups excluding carboxylic acids is 1. The van der Waals surface area contributed by atoms with Crippen LogP contribution in [0.1, 0.15) is 29.3 Å². The molecule has 0 aliphatic carbocycles. The van der Waals surface area contributed by atoms with E-state index in [4.69, 9.17) is 4.74 Å². The number of aromatic hydroxyl groups is 1. The highest BCUT2D eigenvalue weighted by atomic mass is 32.1. The molecule has 1 amide bonds. The summed E-state index contributed by atoms with van der Waals surface area (Å²) in [6.07, 6.45) is 1.54. The van der Waals surface area contributed by atoms with Gasteiger partial charge >= 0.3 is 0 Å². The van der Waals surface area contributed by atoms with Crippen LogP contribution in [0.3, 0.4) is 0 Å². The van der Waals surface area contributed by atoms with E-state index in [1.54, 1.807) is 19.2 Å². The standard InChI is InChI=1S/C13H19NO3S/c1-3-4-9-11(17-2)6-5-10(12(9)15)13(16)14-7-8-18/h5-6,15,18H,3-4,7-8H2,1-2H3,(H,14,16). The molecule has 0 atom stereocenters. The van der Waals surface area contributed by atoms with Crippen molar-refractivity contribution in [1.29, 1.82) is 0 Å². The summed E-state index contributed by atoms with van der Waals surface area (Å²) in [6.45, 7) is 2.48. The zero-order chi connectivity index (χ0) is 13.5. The largest absolute Gasteiger partial charge is 0.507 e. The monoisotopic (exact) mass is 269 g/mol. The van der Waals surface area contributed by atoms with Gasteiger partial charge in [0.05, 0.1) is 12.7 Å². The highest BCUT2D eigenvalue weighted by Crippen LogP contribution is 2.32. The number of rotatable bonds is 6. The molecule has 0 unspecified atom stereocenters. The fraction of sp³-hybridized carbons (Fsp3) is 0.462. The van der Waals surface area contributed by atoms with Crippen molar-refractivity contribution in [2.24, 2.45) is 0 Å². The van der Waals surface area contributed by atoms with Crippen LogP contribution >= 0.6 is 12.6 Å². The number of phenols is 1. The molecule has 0 radical (unpaired) electrons. The molecular weight excluding hydrogens is 250 g/mol. The average Bonchev–Trinajstić information content (AvgIpc) is 2.38. The van der Waals surface area contributed by atoms with Crippen LogP contribution in [0.25, 0.3) is 0 Å². The molecule has 1 aromatic rings. The maximum Gasteiger partial charge on any atom is 0.255 e. The van der Waals surface area contributed by atoms with Crippen LogP contribution in [-0.4, -0.2) is 30.4 Å². The number of hydrogen-bond acceptors (Lipinski definition) is 4. The first-order chi connectivity index (χ1) is 8.65. The van der Waals surface area contributed by atoms with Gasteiger partial charge in [0.15, 0.2) is 0 Å². The molecule has 0 heterocycles. The van der Waals surface area contributed by atoms with E-state index in [0.717, 1.165) is 6.42 Å². The second-order valence-electron chi connectivity index (χ2n) is 3.87. The number of carbonyl (C=O) groups is 1. The Bertz CT molecular complexity index is 421. The van der Waals surface area contributed by atoms with Gasteiger partial charge in [-0.25, -0.2) is 0 Å². The molecule has 0 saturated carbocycles. The molecule has 0 aliphatic rings. The lowest BCUT2D eigenvalue weighted by Gasteiger charge is -2.13. The molecule has 5 heteroatoms. The quantitative estimate of drug-likeness (QED) is 0.692. The normalized spacial score (nSPS) is 10.2. The fourth-order valence-corrected chi connectivity index (χ4v) is 1.86. The maximum atomic E-state index is 11.8. The molecule has 0 aromatic heterocycles. The summed E-state index contributed by atoms with van der Waals surface area (Å²) in [5, 5.41) is 12.8. The van der Waals surface area contributed by atoms with E-state index in [1.165, 1.54) is 0 Å². The summed E-state index contributed by atoms with van der Waals surface area (Å²) in [5.41, 5.74) is 0.958. The van der Waals surface area contributed by atoms with E-state index >= 15 is 0 Å². The van der Waals surface area contributed by atoms with E-state index in [2.05, 4.69) is 17.9 Å². The topological polar surface area (TPSA) is 58.6 Å².